The van der Waals surface area contributed by atoms with E-state index in [1.54, 1.807) is 0 Å². The topological polar surface area (TPSA) is 131 Å². The van der Waals surface area contributed by atoms with E-state index in [4.69, 9.17) is 5.21 Å². The second kappa shape index (κ2) is 9.48. The molecule has 3 rings (SSSR count). The molecule has 2 N–H and O–H groups in total. The van der Waals surface area contributed by atoms with Gasteiger partial charge in [-0.15, -0.1) is 0 Å². The first-order valence-corrected chi connectivity index (χ1v) is 11.4. The molecule has 2 unspecified atom stereocenters. The Balaban J connectivity index is 1.77. The summed E-state index contributed by atoms with van der Waals surface area (Å²) in [5.74, 6) is -2.29. The van der Waals surface area contributed by atoms with Gasteiger partial charge in [0.1, 0.15) is 11.9 Å². The van der Waals surface area contributed by atoms with Gasteiger partial charge in [0.05, 0.1) is 6.54 Å². The summed E-state index contributed by atoms with van der Waals surface area (Å²) in [5.41, 5.74) is 2.07. The second-order valence-corrected chi connectivity index (χ2v) is 9.81. The molecular weight excluding hydrogens is 445 g/mol. The van der Waals surface area contributed by atoms with Crippen molar-refractivity contribution in [2.75, 3.05) is 46.8 Å². The summed E-state index contributed by atoms with van der Waals surface area (Å²) in [5, 5.41) is 9.11. The number of nitrogens with one attached hydrogen (secondary N) is 1. The molecule has 2 aliphatic heterocycles. The molecule has 0 aliphatic carbocycles. The van der Waals surface area contributed by atoms with Crippen molar-refractivity contribution in [3.63, 3.8) is 0 Å². The molecule has 2 aliphatic rings. The quantitative estimate of drug-likeness (QED) is 0.454. The highest BCUT2D eigenvalue weighted by atomic mass is 32.2. The first kappa shape index (κ1) is 24.0. The van der Waals surface area contributed by atoms with Crippen LogP contribution in [-0.2, 0) is 19.8 Å². The molecule has 0 bridgehead atoms. The van der Waals surface area contributed by atoms with E-state index in [-0.39, 0.29) is 38.4 Å². The van der Waals surface area contributed by atoms with Gasteiger partial charge in [-0.25, -0.2) is 14.7 Å². The van der Waals surface area contributed by atoms with Crippen LogP contribution >= 0.6 is 0 Å². The lowest BCUT2D eigenvalue weighted by Crippen LogP contribution is -2.64. The molecule has 176 valence electrons. The highest BCUT2D eigenvalue weighted by Gasteiger charge is 2.45. The zero-order valence-corrected chi connectivity index (χ0v) is 18.6. The predicted octanol–water partition coefficient (Wildman–Crippen LogP) is -0.398. The van der Waals surface area contributed by atoms with Gasteiger partial charge in [-0.3, -0.25) is 14.8 Å². The largest absolute Gasteiger partial charge is 0.331 e. The third kappa shape index (κ3) is 4.75. The molecule has 3 amide bonds. The number of Topliss-reactive ketones (excluding diaryl/α,β-unsaturated/α-hetero) is 1. The van der Waals surface area contributed by atoms with Crippen molar-refractivity contribution in [3.8, 4) is 0 Å². The van der Waals surface area contributed by atoms with Crippen molar-refractivity contribution in [2.45, 2.75) is 18.4 Å². The van der Waals surface area contributed by atoms with Crippen LogP contribution in [0.5, 0.6) is 0 Å². The highest BCUT2D eigenvalue weighted by Crippen LogP contribution is 2.29. The number of urea groups is 1. The summed E-state index contributed by atoms with van der Waals surface area (Å²) in [4.78, 5) is 39.8. The van der Waals surface area contributed by atoms with Crippen molar-refractivity contribution in [2.24, 2.45) is 0 Å². The van der Waals surface area contributed by atoms with Gasteiger partial charge in [0.2, 0.25) is 0 Å². The lowest BCUT2D eigenvalue weighted by atomic mass is 9.89. The molecule has 11 nitrogen and oxygen atoms in total. The van der Waals surface area contributed by atoms with Crippen molar-refractivity contribution in [1.82, 2.24) is 23.9 Å². The summed E-state index contributed by atoms with van der Waals surface area (Å²) in [6.07, 6.45) is 0.208. The van der Waals surface area contributed by atoms with E-state index < -0.39 is 46.5 Å². The van der Waals surface area contributed by atoms with Gasteiger partial charge in [-0.2, -0.15) is 17.0 Å². The number of benzene rings is 1. The SMILES string of the molecule is CN(C)C(=O)N1CCN(S(=O)(=O)N2CCC(c3ccc(F)cc3)C(=O)C2)C(C(=O)NO)C1. The number of carbonyl (C=O) groups is 3. The van der Waals surface area contributed by atoms with Gasteiger partial charge in [-0.05, 0) is 24.1 Å². The summed E-state index contributed by atoms with van der Waals surface area (Å²) in [6, 6.07) is 3.76. The number of piperazine rings is 1. The van der Waals surface area contributed by atoms with Crippen LogP contribution in [-0.4, -0.2) is 103 Å². The zero-order chi connectivity index (χ0) is 23.6. The Hall–Kier alpha value is -2.61. The van der Waals surface area contributed by atoms with Crippen molar-refractivity contribution in [1.29, 1.82) is 0 Å². The van der Waals surface area contributed by atoms with Crippen LogP contribution in [0.2, 0.25) is 0 Å². The lowest BCUT2D eigenvalue weighted by Gasteiger charge is -2.42. The van der Waals surface area contributed by atoms with Crippen molar-refractivity contribution in [3.05, 3.63) is 35.6 Å². The maximum Gasteiger partial charge on any atom is 0.319 e. The van der Waals surface area contributed by atoms with E-state index in [2.05, 4.69) is 0 Å². The normalized spacial score (nSPS) is 23.1. The number of carbonyl (C=O) groups excluding carboxylic acids is 3. The fourth-order valence-corrected chi connectivity index (χ4v) is 5.70. The molecule has 2 saturated heterocycles. The van der Waals surface area contributed by atoms with E-state index in [9.17, 15) is 27.2 Å². The number of amides is 3. The van der Waals surface area contributed by atoms with Gasteiger partial charge < -0.3 is 9.80 Å². The fourth-order valence-electron chi connectivity index (χ4n) is 3.98. The Morgan fingerprint density at radius 2 is 1.81 bits per heavy atom. The number of nitrogens with zero attached hydrogens (tertiary/aromatic N) is 4. The summed E-state index contributed by atoms with van der Waals surface area (Å²) in [7, 11) is -1.18. The molecule has 0 aromatic heterocycles. The van der Waals surface area contributed by atoms with Crippen molar-refractivity contribution >= 4 is 27.9 Å². The minimum Gasteiger partial charge on any atom is -0.331 e. The standard InChI is InChI=1S/C19H26FN5O6S/c1-22(2)19(28)23-9-10-25(16(11-23)18(27)21-29)32(30,31)24-8-7-15(17(26)12-24)13-3-5-14(20)6-4-13/h3-6,15-16,29H,7-12H2,1-2H3,(H,21,27). The van der Waals surface area contributed by atoms with Crippen LogP contribution in [0.3, 0.4) is 0 Å². The molecule has 32 heavy (non-hydrogen) atoms. The Morgan fingerprint density at radius 3 is 2.38 bits per heavy atom. The third-order valence-electron chi connectivity index (χ3n) is 5.68. The maximum absolute atomic E-state index is 13.3. The molecule has 1 aromatic carbocycles. The van der Waals surface area contributed by atoms with Gasteiger partial charge in [-0.1, -0.05) is 12.1 Å². The van der Waals surface area contributed by atoms with Crippen LogP contribution in [0, 0.1) is 5.82 Å². The van der Waals surface area contributed by atoms with Crippen LogP contribution in [0.1, 0.15) is 17.9 Å². The zero-order valence-electron chi connectivity index (χ0n) is 17.8. The Kier molecular flexibility index (Phi) is 7.12. The van der Waals surface area contributed by atoms with E-state index in [1.165, 1.54) is 53.6 Å². The molecule has 0 saturated carbocycles. The number of piperidine rings is 1. The van der Waals surface area contributed by atoms with Gasteiger partial charge in [0, 0.05) is 46.2 Å². The highest BCUT2D eigenvalue weighted by molar-refractivity contribution is 7.86. The number of halogens is 1. The minimum atomic E-state index is -4.24. The third-order valence-corrected chi connectivity index (χ3v) is 7.67. The maximum atomic E-state index is 13.3. The number of hydrogen-bond donors (Lipinski definition) is 2. The number of ketones is 1. The van der Waals surface area contributed by atoms with E-state index >= 15 is 0 Å². The second-order valence-electron chi connectivity index (χ2n) is 7.93. The van der Waals surface area contributed by atoms with Gasteiger partial charge in [0.15, 0.2) is 5.78 Å². The van der Waals surface area contributed by atoms with Crippen LogP contribution in [0.25, 0.3) is 0 Å². The first-order valence-electron chi connectivity index (χ1n) is 10.0. The van der Waals surface area contributed by atoms with E-state index in [0.29, 0.717) is 5.56 Å². The molecule has 2 heterocycles. The van der Waals surface area contributed by atoms with Gasteiger partial charge >= 0.3 is 6.03 Å². The summed E-state index contributed by atoms with van der Waals surface area (Å²) in [6.45, 7) is -0.741. The Labute approximate surface area is 185 Å². The molecule has 2 atom stereocenters. The smallest absolute Gasteiger partial charge is 0.319 e. The molecule has 13 heteroatoms. The first-order chi connectivity index (χ1) is 15.1. The van der Waals surface area contributed by atoms with Crippen LogP contribution in [0.15, 0.2) is 24.3 Å². The summed E-state index contributed by atoms with van der Waals surface area (Å²) >= 11 is 0. The fraction of sp³-hybridized carbons (Fsp3) is 0.526. The molecule has 1 aromatic rings. The van der Waals surface area contributed by atoms with E-state index in [0.717, 1.165) is 8.61 Å². The van der Waals surface area contributed by atoms with Crippen LogP contribution < -0.4 is 5.48 Å². The average molecular weight is 472 g/mol. The molecule has 0 radical (unpaired) electrons. The monoisotopic (exact) mass is 471 g/mol. The molecular formula is C19H26FN5O6S. The predicted molar refractivity (Wildman–Crippen MR) is 110 cm³/mol. The van der Waals surface area contributed by atoms with Crippen LogP contribution in [0.4, 0.5) is 9.18 Å². The molecule has 0 spiro atoms. The lowest BCUT2D eigenvalue weighted by molar-refractivity contribution is -0.134. The Bertz CT molecular complexity index is 986. The number of rotatable bonds is 4. The number of hydrogen-bond acceptors (Lipinski definition) is 6. The summed E-state index contributed by atoms with van der Waals surface area (Å²) < 4.78 is 41.7. The molecule has 2 fully saturated rings. The average Bonchev–Trinajstić information content (AvgIpc) is 2.78. The number of hydroxylamine groups is 1. The van der Waals surface area contributed by atoms with E-state index in [1.807, 2.05) is 0 Å². The van der Waals surface area contributed by atoms with Crippen molar-refractivity contribution < 1.29 is 32.4 Å². The Morgan fingerprint density at radius 1 is 1.16 bits per heavy atom. The van der Waals surface area contributed by atoms with Gasteiger partial charge in [0.25, 0.3) is 16.1 Å². The minimum absolute atomic E-state index is 0.0282.